The normalized spacial score (nSPS) is 14.3. The van der Waals surface area contributed by atoms with Crippen LogP contribution < -0.4 is 10.1 Å². The number of aromatic nitrogens is 3. The quantitative estimate of drug-likeness (QED) is 0.281. The maximum atomic E-state index is 13.2. The van der Waals surface area contributed by atoms with Crippen molar-refractivity contribution in [2.45, 2.75) is 13.5 Å². The average Bonchev–Trinajstić information content (AvgIpc) is 3.37. The van der Waals surface area contributed by atoms with Gasteiger partial charge >= 0.3 is 0 Å². The van der Waals surface area contributed by atoms with E-state index in [4.69, 9.17) is 9.72 Å². The standard InChI is InChI=1S/C33H34N6O2/c1-23-19-27(8-7-26(23)22-39-17-15-37(2)16-18-39)35-33(40)25-5-4-6-28(20-25)41-31-21-30(24-9-12-34-13-10-24)36-32-29(31)11-14-38(32)3/h4-14,19-21H,15-18,22H2,1-3H3,(H,35,40). The van der Waals surface area contributed by atoms with Gasteiger partial charge in [0.15, 0.2) is 0 Å². The number of piperazine rings is 1. The number of likely N-dealkylation sites (N-methyl/N-ethyl adjacent to an activating group) is 1. The minimum atomic E-state index is -0.182. The monoisotopic (exact) mass is 546 g/mol. The van der Waals surface area contributed by atoms with E-state index in [1.807, 2.05) is 66.3 Å². The molecule has 8 nitrogen and oxygen atoms in total. The maximum Gasteiger partial charge on any atom is 0.255 e. The molecule has 0 atom stereocenters. The van der Waals surface area contributed by atoms with Crippen molar-refractivity contribution in [1.29, 1.82) is 0 Å². The van der Waals surface area contributed by atoms with Gasteiger partial charge in [-0.2, -0.15) is 0 Å². The third-order valence-corrected chi connectivity index (χ3v) is 7.69. The predicted octanol–water partition coefficient (Wildman–Crippen LogP) is 5.74. The molecule has 208 valence electrons. The van der Waals surface area contributed by atoms with Gasteiger partial charge in [0.05, 0.1) is 11.1 Å². The van der Waals surface area contributed by atoms with Gasteiger partial charge in [0.1, 0.15) is 17.1 Å². The Morgan fingerprint density at radius 1 is 0.951 bits per heavy atom. The number of carbonyl (C=O) groups excluding carboxylic acids is 1. The second-order valence-corrected chi connectivity index (χ2v) is 10.7. The number of aryl methyl sites for hydroxylation is 2. The van der Waals surface area contributed by atoms with Crippen LogP contribution in [-0.4, -0.2) is 63.5 Å². The molecule has 0 spiro atoms. The number of nitrogens with zero attached hydrogens (tertiary/aromatic N) is 5. The van der Waals surface area contributed by atoms with Crippen molar-refractivity contribution in [2.24, 2.45) is 7.05 Å². The van der Waals surface area contributed by atoms with Gasteiger partial charge in [0.2, 0.25) is 0 Å². The van der Waals surface area contributed by atoms with Crippen molar-refractivity contribution in [3.8, 4) is 22.8 Å². The van der Waals surface area contributed by atoms with Crippen LogP contribution in [0.25, 0.3) is 22.3 Å². The molecule has 0 bridgehead atoms. The third-order valence-electron chi connectivity index (χ3n) is 7.69. The zero-order chi connectivity index (χ0) is 28.3. The van der Waals surface area contributed by atoms with Crippen LogP contribution in [0, 0.1) is 6.92 Å². The first-order valence-electron chi connectivity index (χ1n) is 13.9. The molecule has 1 saturated heterocycles. The van der Waals surface area contributed by atoms with E-state index in [0.29, 0.717) is 17.1 Å². The first-order chi connectivity index (χ1) is 19.9. The number of hydrogen-bond donors (Lipinski definition) is 1. The van der Waals surface area contributed by atoms with Gasteiger partial charge < -0.3 is 19.5 Å². The lowest BCUT2D eigenvalue weighted by atomic mass is 10.1. The Morgan fingerprint density at radius 2 is 1.76 bits per heavy atom. The Morgan fingerprint density at radius 3 is 2.54 bits per heavy atom. The molecular weight excluding hydrogens is 512 g/mol. The van der Waals surface area contributed by atoms with Crippen molar-refractivity contribution in [3.05, 3.63) is 102 Å². The summed E-state index contributed by atoms with van der Waals surface area (Å²) in [4.78, 5) is 27.0. The Labute approximate surface area is 240 Å². The summed E-state index contributed by atoms with van der Waals surface area (Å²) in [6, 6.07) is 21.2. The predicted molar refractivity (Wildman–Crippen MR) is 162 cm³/mol. The van der Waals surface area contributed by atoms with Gasteiger partial charge in [-0.05, 0) is 73.6 Å². The summed E-state index contributed by atoms with van der Waals surface area (Å²) in [5.41, 5.74) is 6.32. The number of hydrogen-bond acceptors (Lipinski definition) is 6. The maximum absolute atomic E-state index is 13.2. The largest absolute Gasteiger partial charge is 0.456 e. The molecule has 0 aliphatic carbocycles. The van der Waals surface area contributed by atoms with Crippen LogP contribution in [0.4, 0.5) is 5.69 Å². The van der Waals surface area contributed by atoms with Crippen LogP contribution in [0.3, 0.4) is 0 Å². The number of amides is 1. The fraction of sp³-hybridized carbons (Fsp3) is 0.242. The van der Waals surface area contributed by atoms with Crippen LogP contribution in [0.5, 0.6) is 11.5 Å². The summed E-state index contributed by atoms with van der Waals surface area (Å²) in [6.45, 7) is 7.38. The first-order valence-corrected chi connectivity index (χ1v) is 13.9. The van der Waals surface area contributed by atoms with E-state index in [2.05, 4.69) is 40.1 Å². The number of nitrogens with one attached hydrogen (secondary N) is 1. The van der Waals surface area contributed by atoms with Gasteiger partial charge in [0.25, 0.3) is 5.91 Å². The molecule has 0 unspecified atom stereocenters. The van der Waals surface area contributed by atoms with Crippen LogP contribution in [0.1, 0.15) is 21.5 Å². The molecule has 4 heterocycles. The van der Waals surface area contributed by atoms with E-state index in [-0.39, 0.29) is 5.91 Å². The molecule has 1 fully saturated rings. The summed E-state index contributed by atoms with van der Waals surface area (Å²) < 4.78 is 8.33. The number of ether oxygens (including phenoxy) is 1. The van der Waals surface area contributed by atoms with E-state index in [9.17, 15) is 4.79 Å². The number of pyridine rings is 2. The fourth-order valence-corrected chi connectivity index (χ4v) is 5.19. The second kappa shape index (κ2) is 11.5. The lowest BCUT2D eigenvalue weighted by Gasteiger charge is -2.32. The van der Waals surface area contributed by atoms with Gasteiger partial charge in [-0.25, -0.2) is 4.98 Å². The minimum absolute atomic E-state index is 0.182. The number of fused-ring (bicyclic) bond motifs is 1. The van der Waals surface area contributed by atoms with Crippen molar-refractivity contribution >= 4 is 22.6 Å². The van der Waals surface area contributed by atoms with Gasteiger partial charge in [-0.15, -0.1) is 0 Å². The molecule has 0 radical (unpaired) electrons. The lowest BCUT2D eigenvalue weighted by molar-refractivity contribution is 0.102. The highest BCUT2D eigenvalue weighted by Crippen LogP contribution is 2.34. The van der Waals surface area contributed by atoms with Crippen molar-refractivity contribution < 1.29 is 9.53 Å². The third kappa shape index (κ3) is 5.99. The smallest absolute Gasteiger partial charge is 0.255 e. The van der Waals surface area contributed by atoms with Gasteiger partial charge in [-0.1, -0.05) is 12.1 Å². The summed E-state index contributed by atoms with van der Waals surface area (Å²) in [5, 5.41) is 3.95. The first kappa shape index (κ1) is 26.7. The van der Waals surface area contributed by atoms with Crippen LogP contribution in [-0.2, 0) is 13.6 Å². The average molecular weight is 547 g/mol. The molecule has 3 aromatic heterocycles. The van der Waals surface area contributed by atoms with Crippen LogP contribution >= 0.6 is 0 Å². The molecule has 1 aliphatic rings. The van der Waals surface area contributed by atoms with E-state index >= 15 is 0 Å². The van der Waals surface area contributed by atoms with Crippen LogP contribution in [0.15, 0.2) is 85.3 Å². The van der Waals surface area contributed by atoms with E-state index in [1.54, 1.807) is 24.5 Å². The lowest BCUT2D eigenvalue weighted by Crippen LogP contribution is -2.43. The zero-order valence-corrected chi connectivity index (χ0v) is 23.7. The van der Waals surface area contributed by atoms with E-state index < -0.39 is 0 Å². The molecule has 2 aromatic carbocycles. The summed E-state index contributed by atoms with van der Waals surface area (Å²) in [6.07, 6.45) is 5.46. The van der Waals surface area contributed by atoms with Crippen molar-refractivity contribution in [2.75, 3.05) is 38.5 Å². The van der Waals surface area contributed by atoms with Gasteiger partial charge in [0, 0.05) is 81.2 Å². The molecule has 0 saturated carbocycles. The highest BCUT2D eigenvalue weighted by molar-refractivity contribution is 6.04. The molecule has 1 aliphatic heterocycles. The molecule has 6 rings (SSSR count). The van der Waals surface area contributed by atoms with Crippen LogP contribution in [0.2, 0.25) is 0 Å². The number of benzene rings is 2. The topological polar surface area (TPSA) is 75.5 Å². The van der Waals surface area contributed by atoms with Gasteiger partial charge in [-0.3, -0.25) is 14.7 Å². The molecule has 41 heavy (non-hydrogen) atoms. The van der Waals surface area contributed by atoms with E-state index in [1.165, 1.54) is 11.1 Å². The highest BCUT2D eigenvalue weighted by atomic mass is 16.5. The molecule has 5 aromatic rings. The Balaban J connectivity index is 1.18. The Bertz CT molecular complexity index is 1690. The summed E-state index contributed by atoms with van der Waals surface area (Å²) in [7, 11) is 4.13. The minimum Gasteiger partial charge on any atom is -0.456 e. The molecule has 1 N–H and O–H groups in total. The molecule has 1 amide bonds. The van der Waals surface area contributed by atoms with E-state index in [0.717, 1.165) is 60.7 Å². The second-order valence-electron chi connectivity index (χ2n) is 10.7. The summed E-state index contributed by atoms with van der Waals surface area (Å²) >= 11 is 0. The summed E-state index contributed by atoms with van der Waals surface area (Å²) in [5.74, 6) is 1.07. The molecule has 8 heteroatoms. The fourth-order valence-electron chi connectivity index (χ4n) is 5.19. The highest BCUT2D eigenvalue weighted by Gasteiger charge is 2.16. The SMILES string of the molecule is Cc1cc(NC(=O)c2cccc(Oc3cc(-c4ccncc4)nc4c3ccn4C)c2)ccc1CN1CCN(C)CC1. The molecular formula is C33H34N6O2. The number of carbonyl (C=O) groups is 1. The number of rotatable bonds is 7. The Hall–Kier alpha value is -4.53. The number of anilines is 1. The zero-order valence-electron chi connectivity index (χ0n) is 23.7. The van der Waals surface area contributed by atoms with Crippen molar-refractivity contribution in [1.82, 2.24) is 24.3 Å². The Kier molecular flexibility index (Phi) is 7.50. The van der Waals surface area contributed by atoms with Crippen molar-refractivity contribution in [3.63, 3.8) is 0 Å².